The predicted molar refractivity (Wildman–Crippen MR) is 141 cm³/mol. The fourth-order valence-corrected chi connectivity index (χ4v) is 3.11. The van der Waals surface area contributed by atoms with Crippen LogP contribution in [0.15, 0.2) is 54.9 Å². The average molecular weight is 558 g/mol. The highest BCUT2D eigenvalue weighted by Crippen LogP contribution is 2.36. The molecule has 0 saturated carbocycles. The molecule has 0 amide bonds. The van der Waals surface area contributed by atoms with Gasteiger partial charge in [-0.3, -0.25) is 14.6 Å². The van der Waals surface area contributed by atoms with Crippen LogP contribution in [0.5, 0.6) is 0 Å². The summed E-state index contributed by atoms with van der Waals surface area (Å²) >= 11 is 0. The maximum Gasteiger partial charge on any atom is 0.328 e. The molecule has 2 aromatic rings. The van der Waals surface area contributed by atoms with Gasteiger partial charge >= 0.3 is 23.9 Å². The van der Waals surface area contributed by atoms with Crippen molar-refractivity contribution in [3.05, 3.63) is 77.2 Å². The van der Waals surface area contributed by atoms with E-state index in [0.717, 1.165) is 0 Å². The third-order valence-corrected chi connectivity index (χ3v) is 4.63. The van der Waals surface area contributed by atoms with E-state index in [1.165, 1.54) is 12.4 Å². The second kappa shape index (κ2) is 16.4. The Kier molecular flexibility index (Phi) is 13.4. The molecule has 0 saturated heterocycles. The van der Waals surface area contributed by atoms with Gasteiger partial charge in [-0.15, -0.1) is 0 Å². The number of aromatic nitrogens is 1. The number of benzene rings is 1. The van der Waals surface area contributed by atoms with Gasteiger partial charge in [0.25, 0.3) is 0 Å². The van der Waals surface area contributed by atoms with Crippen LogP contribution < -0.4 is 22.1 Å². The first-order valence-electron chi connectivity index (χ1n) is 11.3. The van der Waals surface area contributed by atoms with Crippen LogP contribution in [0, 0.1) is 0 Å². The van der Waals surface area contributed by atoms with Gasteiger partial charge in [-0.1, -0.05) is 0 Å². The summed E-state index contributed by atoms with van der Waals surface area (Å²) in [4.78, 5) is 68.1. The summed E-state index contributed by atoms with van der Waals surface area (Å²) in [6.07, 6.45) is 5.18. The summed E-state index contributed by atoms with van der Waals surface area (Å²) in [6.45, 7) is 1.85. The van der Waals surface area contributed by atoms with E-state index in [1.807, 2.05) is 0 Å². The van der Waals surface area contributed by atoms with Crippen LogP contribution >= 0.6 is 0 Å². The van der Waals surface area contributed by atoms with Crippen molar-refractivity contribution in [2.45, 2.75) is 0 Å². The Morgan fingerprint density at radius 3 is 1.40 bits per heavy atom. The van der Waals surface area contributed by atoms with Crippen LogP contribution in [-0.2, 0) is 19.2 Å². The molecule has 1 heterocycles. The highest BCUT2D eigenvalue weighted by atomic mass is 16.4. The molecule has 0 aliphatic heterocycles. The number of nitrogens with two attached hydrogens (primary N) is 2. The van der Waals surface area contributed by atoms with Crippen molar-refractivity contribution in [2.24, 2.45) is 11.5 Å². The van der Waals surface area contributed by atoms with Crippen LogP contribution in [0.25, 0.3) is 0 Å². The molecule has 1 aliphatic rings. The Bertz CT molecular complexity index is 1210. The number of pyridine rings is 1. The summed E-state index contributed by atoms with van der Waals surface area (Å²) in [7, 11) is 0. The largest absolute Gasteiger partial charge is 0.478 e. The van der Waals surface area contributed by atoms with Crippen LogP contribution in [0.1, 0.15) is 31.8 Å². The number of carbonyl (C=O) groups is 6. The monoisotopic (exact) mass is 557 g/mol. The Labute approximate surface area is 226 Å². The molecule has 0 spiro atoms. The predicted octanol–water partition coefficient (Wildman–Crippen LogP) is 0.0218. The van der Waals surface area contributed by atoms with Crippen LogP contribution in [0.4, 0.5) is 11.4 Å². The molecular weight excluding hydrogens is 530 g/mol. The van der Waals surface area contributed by atoms with Crippen molar-refractivity contribution in [1.29, 1.82) is 0 Å². The number of hydrogen-bond acceptors (Lipinski definition) is 11. The van der Waals surface area contributed by atoms with Crippen LogP contribution in [-0.4, -0.2) is 87.0 Å². The quantitative estimate of drug-likeness (QED) is 0.153. The standard InChI is InChI=1S/C17H19N5O2.2C4H4O4/c18-4-7-21-12-1-2-13(22-8-5-19)15-14(12)16(23)10-3-6-20-9-11(10)17(15)24;2*5-3(6)1-2-4(7)8/h1-3,6,9,21-22H,4-5,7-8,18-19H2;2*1-2H,(H,5,6)(H,7,8). The third kappa shape index (κ3) is 10.2. The van der Waals surface area contributed by atoms with Gasteiger partial charge in [-0.2, -0.15) is 0 Å². The average Bonchev–Trinajstić information content (AvgIpc) is 2.92. The minimum absolute atomic E-state index is 0.196. The first-order valence-corrected chi connectivity index (χ1v) is 11.3. The number of carbonyl (C=O) groups excluding carboxylic acids is 2. The molecule has 0 radical (unpaired) electrons. The number of nitrogens with zero attached hydrogens (tertiary/aromatic N) is 1. The van der Waals surface area contributed by atoms with Crippen molar-refractivity contribution in [3.63, 3.8) is 0 Å². The molecule has 1 aromatic carbocycles. The van der Waals surface area contributed by atoms with Crippen molar-refractivity contribution in [1.82, 2.24) is 4.98 Å². The summed E-state index contributed by atoms with van der Waals surface area (Å²) in [6, 6.07) is 5.13. The zero-order valence-corrected chi connectivity index (χ0v) is 20.9. The molecule has 1 aliphatic carbocycles. The van der Waals surface area contributed by atoms with E-state index in [-0.39, 0.29) is 11.6 Å². The van der Waals surface area contributed by atoms with Crippen LogP contribution in [0.2, 0.25) is 0 Å². The number of rotatable bonds is 10. The summed E-state index contributed by atoms with van der Waals surface area (Å²) in [5.41, 5.74) is 13.7. The number of carboxylic acid groups (broad SMARTS) is 4. The third-order valence-electron chi connectivity index (χ3n) is 4.63. The molecule has 3 rings (SSSR count). The molecular formula is C25H27N5O10. The SMILES string of the molecule is NCCNc1ccc(NCCN)c2c1C(=O)c1ccncc1C2=O.O=C(O)C=CC(=O)O.O=C(O)C=CC(=O)O. The first kappa shape index (κ1) is 32.6. The second-order valence-corrected chi connectivity index (χ2v) is 7.44. The maximum absolute atomic E-state index is 13.0. The van der Waals surface area contributed by atoms with E-state index < -0.39 is 23.9 Å². The summed E-state index contributed by atoms with van der Waals surface area (Å²) in [5.74, 6) is -5.44. The van der Waals surface area contributed by atoms with E-state index in [4.69, 9.17) is 31.9 Å². The molecule has 0 bridgehead atoms. The van der Waals surface area contributed by atoms with Gasteiger partial charge in [0, 0.05) is 79.8 Å². The normalized spacial score (nSPS) is 11.3. The van der Waals surface area contributed by atoms with E-state index in [2.05, 4.69) is 15.6 Å². The number of hydrogen-bond donors (Lipinski definition) is 8. The Hall–Kier alpha value is -5.41. The molecule has 0 unspecified atom stereocenters. The highest BCUT2D eigenvalue weighted by Gasteiger charge is 2.34. The zero-order chi connectivity index (χ0) is 30.2. The minimum Gasteiger partial charge on any atom is -0.478 e. The number of fused-ring (bicyclic) bond motifs is 2. The van der Waals surface area contributed by atoms with Gasteiger partial charge in [0.2, 0.25) is 0 Å². The lowest BCUT2D eigenvalue weighted by Gasteiger charge is -2.23. The topological polar surface area (TPSA) is 272 Å². The van der Waals surface area contributed by atoms with Gasteiger partial charge in [0.05, 0.1) is 16.7 Å². The smallest absolute Gasteiger partial charge is 0.328 e. The lowest BCUT2D eigenvalue weighted by Crippen LogP contribution is -2.26. The van der Waals surface area contributed by atoms with Crippen LogP contribution in [0.3, 0.4) is 0 Å². The first-order chi connectivity index (χ1) is 18.9. The van der Waals surface area contributed by atoms with Gasteiger partial charge < -0.3 is 42.5 Å². The van der Waals surface area contributed by atoms with Crippen molar-refractivity contribution in [2.75, 3.05) is 36.8 Å². The molecule has 0 fully saturated rings. The van der Waals surface area contributed by atoms with Crippen molar-refractivity contribution >= 4 is 46.8 Å². The minimum atomic E-state index is -1.26. The molecule has 40 heavy (non-hydrogen) atoms. The molecule has 15 heteroatoms. The molecule has 15 nitrogen and oxygen atoms in total. The number of ketones is 2. The summed E-state index contributed by atoms with van der Waals surface area (Å²) in [5, 5.41) is 37.5. The molecule has 0 atom stereocenters. The van der Waals surface area contributed by atoms with E-state index in [0.29, 0.717) is 84.1 Å². The number of anilines is 2. The molecule has 1 aromatic heterocycles. The zero-order valence-electron chi connectivity index (χ0n) is 20.9. The fourth-order valence-electron chi connectivity index (χ4n) is 3.11. The molecule has 10 N–H and O–H groups in total. The van der Waals surface area contributed by atoms with E-state index >= 15 is 0 Å². The number of carboxylic acids is 4. The lowest BCUT2D eigenvalue weighted by molar-refractivity contribution is -0.134. The number of nitrogens with one attached hydrogen (secondary N) is 2. The lowest BCUT2D eigenvalue weighted by atomic mass is 9.83. The summed E-state index contributed by atoms with van der Waals surface area (Å²) < 4.78 is 0. The fraction of sp³-hybridized carbons (Fsp3) is 0.160. The second-order valence-electron chi connectivity index (χ2n) is 7.44. The Morgan fingerprint density at radius 2 is 1.05 bits per heavy atom. The van der Waals surface area contributed by atoms with Crippen molar-refractivity contribution < 1.29 is 49.2 Å². The van der Waals surface area contributed by atoms with E-state index in [9.17, 15) is 28.8 Å². The van der Waals surface area contributed by atoms with Gasteiger partial charge in [-0.25, -0.2) is 19.2 Å². The van der Waals surface area contributed by atoms with Crippen molar-refractivity contribution in [3.8, 4) is 0 Å². The van der Waals surface area contributed by atoms with Gasteiger partial charge in [0.1, 0.15) is 0 Å². The Balaban J connectivity index is 0.000000412. The maximum atomic E-state index is 13.0. The number of aliphatic carboxylic acids is 4. The Morgan fingerprint density at radius 1 is 0.675 bits per heavy atom. The molecule has 212 valence electrons. The van der Waals surface area contributed by atoms with E-state index in [1.54, 1.807) is 18.2 Å². The van der Waals surface area contributed by atoms with Gasteiger partial charge in [-0.05, 0) is 18.2 Å². The van der Waals surface area contributed by atoms with Gasteiger partial charge in [0.15, 0.2) is 11.6 Å². The highest BCUT2D eigenvalue weighted by molar-refractivity contribution is 6.31.